The van der Waals surface area contributed by atoms with Gasteiger partial charge >= 0.3 is 18.5 Å². The number of likely N-dealkylation sites (tertiary alicyclic amines) is 1. The van der Waals surface area contributed by atoms with Crippen LogP contribution in [0.5, 0.6) is 0 Å². The summed E-state index contributed by atoms with van der Waals surface area (Å²) >= 11 is 0. The summed E-state index contributed by atoms with van der Waals surface area (Å²) in [6, 6.07) is 7.67. The zero-order valence-electron chi connectivity index (χ0n) is 21.6. The van der Waals surface area contributed by atoms with E-state index in [-0.39, 0.29) is 29.4 Å². The van der Waals surface area contributed by atoms with Gasteiger partial charge in [0.05, 0.1) is 17.1 Å². The van der Waals surface area contributed by atoms with Crippen LogP contribution in [0.15, 0.2) is 47.4 Å². The van der Waals surface area contributed by atoms with Gasteiger partial charge in [0.25, 0.3) is 0 Å². The summed E-state index contributed by atoms with van der Waals surface area (Å²) in [5.74, 6) is -4.09. The maximum atomic E-state index is 13.0. The SMILES string of the molecule is CC(=O)N1CCC2(COC(=O)O2)C1.O=S(c1ccc(F)cc1)N1CCCc2cc(C(C(F)(F)F)C(F)(F)F)ccc21. The fraction of sp³-hybridized carbons (Fsp3) is 0.462. The molecule has 1 spiro atoms. The number of benzene rings is 2. The quantitative estimate of drug-likeness (QED) is 0.332. The van der Waals surface area contributed by atoms with Gasteiger partial charge in [-0.05, 0) is 54.3 Å². The Kier molecular flexibility index (Phi) is 8.58. The molecule has 2 aromatic carbocycles. The first-order chi connectivity index (χ1) is 19.1. The molecule has 2 unspecified atom stereocenters. The van der Waals surface area contributed by atoms with Crippen molar-refractivity contribution in [1.29, 1.82) is 0 Å². The number of aryl methyl sites for hydroxylation is 1. The monoisotopic (exact) mass is 610 g/mol. The lowest BCUT2D eigenvalue weighted by Gasteiger charge is -2.31. The van der Waals surface area contributed by atoms with E-state index in [2.05, 4.69) is 0 Å². The molecule has 0 aliphatic carbocycles. The highest BCUT2D eigenvalue weighted by atomic mass is 32.2. The zero-order chi connectivity index (χ0) is 30.2. The van der Waals surface area contributed by atoms with Crippen molar-refractivity contribution in [2.24, 2.45) is 0 Å². The highest BCUT2D eigenvalue weighted by molar-refractivity contribution is 7.86. The van der Waals surface area contributed by atoms with Crippen LogP contribution in [0.25, 0.3) is 0 Å². The van der Waals surface area contributed by atoms with Crippen molar-refractivity contribution in [1.82, 2.24) is 4.90 Å². The smallest absolute Gasteiger partial charge is 0.430 e. The predicted molar refractivity (Wildman–Crippen MR) is 132 cm³/mol. The van der Waals surface area contributed by atoms with E-state index in [0.29, 0.717) is 38.2 Å². The lowest BCUT2D eigenvalue weighted by molar-refractivity contribution is -0.253. The summed E-state index contributed by atoms with van der Waals surface area (Å²) in [7, 11) is -1.77. The summed E-state index contributed by atoms with van der Waals surface area (Å²) in [6.45, 7) is 3.20. The first-order valence-corrected chi connectivity index (χ1v) is 13.5. The summed E-state index contributed by atoms with van der Waals surface area (Å²) < 4.78 is 115. The van der Waals surface area contributed by atoms with Crippen molar-refractivity contribution < 1.29 is 54.0 Å². The number of halogens is 7. The average Bonchev–Trinajstić information content (AvgIpc) is 3.47. The minimum Gasteiger partial charge on any atom is -0.430 e. The van der Waals surface area contributed by atoms with Crippen LogP contribution >= 0.6 is 0 Å². The third-order valence-electron chi connectivity index (χ3n) is 6.90. The molecule has 2 saturated heterocycles. The summed E-state index contributed by atoms with van der Waals surface area (Å²) in [5.41, 5.74) is -0.880. The number of hydrogen-bond donors (Lipinski definition) is 0. The molecule has 2 atom stereocenters. The lowest BCUT2D eigenvalue weighted by atomic mass is 9.93. The van der Waals surface area contributed by atoms with Crippen LogP contribution in [0.3, 0.4) is 0 Å². The third kappa shape index (κ3) is 6.93. The number of nitrogens with zero attached hydrogens (tertiary/aromatic N) is 2. The van der Waals surface area contributed by atoms with Crippen LogP contribution < -0.4 is 4.31 Å². The van der Waals surface area contributed by atoms with Gasteiger partial charge in [-0.1, -0.05) is 12.1 Å². The Hall–Kier alpha value is -3.36. The summed E-state index contributed by atoms with van der Waals surface area (Å²) in [5, 5.41) is 0. The number of alkyl halides is 6. The van der Waals surface area contributed by atoms with Crippen molar-refractivity contribution in [3.8, 4) is 0 Å². The molecule has 0 N–H and O–H groups in total. The second-order valence-corrected chi connectivity index (χ2v) is 11.2. The molecule has 3 aliphatic rings. The van der Waals surface area contributed by atoms with Crippen molar-refractivity contribution in [3.05, 3.63) is 59.4 Å². The molecule has 1 amide bonds. The normalized spacial score (nSPS) is 21.2. The summed E-state index contributed by atoms with van der Waals surface area (Å²) in [4.78, 5) is 23.7. The van der Waals surface area contributed by atoms with Gasteiger partial charge in [-0.25, -0.2) is 13.4 Å². The first-order valence-electron chi connectivity index (χ1n) is 12.4. The molecule has 0 aromatic heterocycles. The molecule has 2 aromatic rings. The molecule has 3 heterocycles. The van der Waals surface area contributed by atoms with Gasteiger partial charge in [0.1, 0.15) is 12.4 Å². The van der Waals surface area contributed by atoms with E-state index < -0.39 is 52.4 Å². The van der Waals surface area contributed by atoms with Gasteiger partial charge in [-0.2, -0.15) is 26.3 Å². The number of carbonyl (C=O) groups excluding carboxylic acids is 2. The largest absolute Gasteiger partial charge is 0.509 e. The minimum atomic E-state index is -5.47. The van der Waals surface area contributed by atoms with Crippen LogP contribution in [-0.4, -0.2) is 65.4 Å². The first kappa shape index (κ1) is 30.6. The van der Waals surface area contributed by atoms with Crippen molar-refractivity contribution in [3.63, 3.8) is 0 Å². The van der Waals surface area contributed by atoms with E-state index in [1.807, 2.05) is 0 Å². The standard InChI is InChI=1S/C18H14F7NOS.C8H11NO4/c19-13-4-6-14(7-5-13)28(27)26-9-1-2-11-10-12(3-8-15(11)26)16(17(20,21)22)18(23,24)25;1-6(10)9-3-2-8(4-9)5-12-7(11)13-8/h3-8,10,16H,1-2,9H2;2-5H2,1H3. The number of hydrogen-bond acceptors (Lipinski definition) is 5. The Morgan fingerprint density at radius 3 is 2.22 bits per heavy atom. The third-order valence-corrected chi connectivity index (χ3v) is 8.35. The van der Waals surface area contributed by atoms with Crippen molar-refractivity contribution >= 4 is 28.7 Å². The van der Waals surface area contributed by atoms with Crippen molar-refractivity contribution in [2.45, 2.75) is 55.0 Å². The van der Waals surface area contributed by atoms with E-state index >= 15 is 0 Å². The Morgan fingerprint density at radius 2 is 1.68 bits per heavy atom. The molecule has 224 valence electrons. The average molecular weight is 611 g/mol. The molecule has 5 rings (SSSR count). The van der Waals surface area contributed by atoms with Crippen LogP contribution in [0.2, 0.25) is 0 Å². The number of fused-ring (bicyclic) bond motifs is 1. The fourth-order valence-corrected chi connectivity index (χ4v) is 6.19. The maximum absolute atomic E-state index is 13.0. The summed E-state index contributed by atoms with van der Waals surface area (Å²) in [6.07, 6.45) is -10.2. The molecule has 15 heteroatoms. The molecule has 3 aliphatic heterocycles. The van der Waals surface area contributed by atoms with E-state index in [1.165, 1.54) is 23.4 Å². The van der Waals surface area contributed by atoms with Crippen LogP contribution in [0, 0.1) is 5.82 Å². The van der Waals surface area contributed by atoms with E-state index in [4.69, 9.17) is 9.47 Å². The maximum Gasteiger partial charge on any atom is 0.509 e. The predicted octanol–water partition coefficient (Wildman–Crippen LogP) is 5.65. The van der Waals surface area contributed by atoms with E-state index in [0.717, 1.165) is 30.3 Å². The van der Waals surface area contributed by atoms with Gasteiger partial charge in [0.2, 0.25) is 5.91 Å². The Bertz CT molecular complexity index is 1300. The topological polar surface area (TPSA) is 76.1 Å². The molecule has 0 bridgehead atoms. The van der Waals surface area contributed by atoms with Gasteiger partial charge in [-0.3, -0.25) is 9.10 Å². The number of carbonyl (C=O) groups is 2. The molecule has 41 heavy (non-hydrogen) atoms. The number of amides is 1. The molecular formula is C26H25F7N2O5S. The Morgan fingerprint density at radius 1 is 1.02 bits per heavy atom. The molecule has 7 nitrogen and oxygen atoms in total. The fourth-order valence-electron chi connectivity index (χ4n) is 4.92. The van der Waals surface area contributed by atoms with Crippen LogP contribution in [0.1, 0.15) is 36.8 Å². The van der Waals surface area contributed by atoms with Gasteiger partial charge in [0, 0.05) is 26.4 Å². The molecule has 2 fully saturated rings. The van der Waals surface area contributed by atoms with E-state index in [9.17, 15) is 44.5 Å². The molecule has 0 radical (unpaired) electrons. The lowest BCUT2D eigenvalue weighted by Crippen LogP contribution is -2.37. The Labute approximate surface area is 232 Å². The highest BCUT2D eigenvalue weighted by Crippen LogP contribution is 2.47. The molecular weight excluding hydrogens is 585 g/mol. The highest BCUT2D eigenvalue weighted by Gasteiger charge is 2.57. The van der Waals surface area contributed by atoms with Crippen molar-refractivity contribution in [2.75, 3.05) is 30.5 Å². The second kappa shape index (κ2) is 11.5. The number of anilines is 1. The van der Waals surface area contributed by atoms with Gasteiger partial charge < -0.3 is 14.4 Å². The van der Waals surface area contributed by atoms with Gasteiger partial charge in [0.15, 0.2) is 22.5 Å². The van der Waals surface area contributed by atoms with Crippen LogP contribution in [0.4, 0.5) is 41.2 Å². The Balaban J connectivity index is 0.000000247. The van der Waals surface area contributed by atoms with Crippen LogP contribution in [-0.2, 0) is 31.7 Å². The molecule has 0 saturated carbocycles. The zero-order valence-corrected chi connectivity index (χ0v) is 22.4. The minimum absolute atomic E-state index is 0.0137. The second-order valence-electron chi connectivity index (χ2n) is 9.83. The number of cyclic esters (lactones) is 1. The van der Waals surface area contributed by atoms with E-state index in [1.54, 1.807) is 4.90 Å². The van der Waals surface area contributed by atoms with Gasteiger partial charge in [-0.15, -0.1) is 0 Å². The number of ether oxygens (including phenoxy) is 2. The number of rotatable bonds is 3.